The number of pyridine rings is 2. The predicted octanol–water partition coefficient (Wildman–Crippen LogP) is 3.20. The standard InChI is InChI=1S/C20H15F2N5O/c21-16-2-1-15-14(9-18(28)26-20(15)19(16)22)12-27(17-10-24-7-8-25-17)11-13-3-5-23-6-4-13/h1-10H,11-12H2,(H,26,28). The smallest absolute Gasteiger partial charge is 0.248 e. The third kappa shape index (κ3) is 3.57. The first-order valence-electron chi connectivity index (χ1n) is 8.51. The number of benzene rings is 1. The van der Waals surface area contributed by atoms with Gasteiger partial charge in [0, 0.05) is 49.3 Å². The molecule has 0 aliphatic rings. The van der Waals surface area contributed by atoms with Crippen molar-refractivity contribution >= 4 is 16.7 Å². The molecule has 0 atom stereocenters. The first kappa shape index (κ1) is 17.7. The average Bonchev–Trinajstić information content (AvgIpc) is 2.72. The maximum Gasteiger partial charge on any atom is 0.248 e. The van der Waals surface area contributed by atoms with Crippen LogP contribution >= 0.6 is 0 Å². The molecule has 8 heteroatoms. The largest absolute Gasteiger partial charge is 0.347 e. The number of anilines is 1. The molecule has 28 heavy (non-hydrogen) atoms. The zero-order valence-corrected chi connectivity index (χ0v) is 14.6. The summed E-state index contributed by atoms with van der Waals surface area (Å²) in [6.45, 7) is 0.728. The Morgan fingerprint density at radius 2 is 1.79 bits per heavy atom. The van der Waals surface area contributed by atoms with E-state index in [1.165, 1.54) is 12.1 Å². The van der Waals surface area contributed by atoms with Gasteiger partial charge in [-0.1, -0.05) is 0 Å². The van der Waals surface area contributed by atoms with Crippen LogP contribution in [0.25, 0.3) is 10.9 Å². The van der Waals surface area contributed by atoms with Crippen molar-refractivity contribution in [3.63, 3.8) is 0 Å². The first-order chi connectivity index (χ1) is 13.6. The number of nitrogens with one attached hydrogen (secondary N) is 1. The summed E-state index contributed by atoms with van der Waals surface area (Å²) < 4.78 is 27.8. The van der Waals surface area contributed by atoms with Crippen molar-refractivity contribution < 1.29 is 8.78 Å². The summed E-state index contributed by atoms with van der Waals surface area (Å²) in [7, 11) is 0. The van der Waals surface area contributed by atoms with Crippen LogP contribution in [0.5, 0.6) is 0 Å². The molecule has 0 fully saturated rings. The van der Waals surface area contributed by atoms with Crippen LogP contribution in [0.3, 0.4) is 0 Å². The number of aromatic amines is 1. The van der Waals surface area contributed by atoms with Gasteiger partial charge < -0.3 is 9.88 Å². The van der Waals surface area contributed by atoms with Gasteiger partial charge in [-0.2, -0.15) is 0 Å². The van der Waals surface area contributed by atoms with Crippen molar-refractivity contribution in [2.24, 2.45) is 0 Å². The molecule has 0 spiro atoms. The maximum atomic E-state index is 14.2. The second-order valence-electron chi connectivity index (χ2n) is 6.22. The van der Waals surface area contributed by atoms with E-state index in [4.69, 9.17) is 0 Å². The summed E-state index contributed by atoms with van der Waals surface area (Å²) in [6, 6.07) is 7.63. The van der Waals surface area contributed by atoms with Gasteiger partial charge in [0.05, 0.1) is 11.7 Å². The monoisotopic (exact) mass is 379 g/mol. The highest BCUT2D eigenvalue weighted by atomic mass is 19.2. The van der Waals surface area contributed by atoms with Crippen LogP contribution in [-0.4, -0.2) is 19.9 Å². The van der Waals surface area contributed by atoms with Crippen LogP contribution in [0, 0.1) is 11.6 Å². The van der Waals surface area contributed by atoms with Crippen LogP contribution in [0.1, 0.15) is 11.1 Å². The Morgan fingerprint density at radius 3 is 2.54 bits per heavy atom. The quantitative estimate of drug-likeness (QED) is 0.576. The highest BCUT2D eigenvalue weighted by Gasteiger charge is 2.16. The third-order valence-corrected chi connectivity index (χ3v) is 4.35. The molecule has 0 bridgehead atoms. The van der Waals surface area contributed by atoms with Crippen molar-refractivity contribution in [2.45, 2.75) is 13.1 Å². The van der Waals surface area contributed by atoms with E-state index < -0.39 is 17.2 Å². The van der Waals surface area contributed by atoms with E-state index in [-0.39, 0.29) is 12.1 Å². The minimum atomic E-state index is -1.07. The van der Waals surface area contributed by atoms with E-state index in [0.717, 1.165) is 11.6 Å². The van der Waals surface area contributed by atoms with E-state index in [0.29, 0.717) is 23.3 Å². The van der Waals surface area contributed by atoms with Gasteiger partial charge in [-0.3, -0.25) is 14.8 Å². The van der Waals surface area contributed by atoms with Gasteiger partial charge in [-0.05, 0) is 35.4 Å². The molecular weight excluding hydrogens is 364 g/mol. The van der Waals surface area contributed by atoms with Gasteiger partial charge in [0.2, 0.25) is 5.56 Å². The highest BCUT2D eigenvalue weighted by molar-refractivity contribution is 5.82. The van der Waals surface area contributed by atoms with Crippen LogP contribution in [0.4, 0.5) is 14.6 Å². The summed E-state index contributed by atoms with van der Waals surface area (Å²) in [4.78, 5) is 28.8. The Kier molecular flexibility index (Phi) is 4.76. The molecule has 6 nitrogen and oxygen atoms in total. The Hall–Kier alpha value is -3.68. The normalized spacial score (nSPS) is 10.9. The number of hydrogen-bond donors (Lipinski definition) is 1. The van der Waals surface area contributed by atoms with E-state index in [1.807, 2.05) is 17.0 Å². The van der Waals surface area contributed by atoms with Crippen LogP contribution < -0.4 is 10.5 Å². The van der Waals surface area contributed by atoms with Crippen LogP contribution in [0.15, 0.2) is 66.1 Å². The molecule has 3 aromatic heterocycles. The molecule has 0 saturated heterocycles. The predicted molar refractivity (Wildman–Crippen MR) is 101 cm³/mol. The van der Waals surface area contributed by atoms with E-state index in [1.54, 1.807) is 31.0 Å². The van der Waals surface area contributed by atoms with Crippen molar-refractivity contribution in [1.82, 2.24) is 19.9 Å². The number of hydrogen-bond acceptors (Lipinski definition) is 5. The van der Waals surface area contributed by atoms with Crippen molar-refractivity contribution in [3.8, 4) is 0 Å². The number of fused-ring (bicyclic) bond motifs is 1. The molecule has 0 aliphatic carbocycles. The second-order valence-corrected chi connectivity index (χ2v) is 6.22. The highest BCUT2D eigenvalue weighted by Crippen LogP contribution is 2.24. The van der Waals surface area contributed by atoms with E-state index in [2.05, 4.69) is 19.9 Å². The summed E-state index contributed by atoms with van der Waals surface area (Å²) in [5.41, 5.74) is 0.880. The third-order valence-electron chi connectivity index (χ3n) is 4.35. The molecule has 0 saturated carbocycles. The molecule has 140 valence electrons. The maximum absolute atomic E-state index is 14.2. The fourth-order valence-corrected chi connectivity index (χ4v) is 3.05. The molecule has 0 aliphatic heterocycles. The number of aromatic nitrogens is 4. The fourth-order valence-electron chi connectivity index (χ4n) is 3.05. The van der Waals surface area contributed by atoms with Gasteiger partial charge in [0.1, 0.15) is 5.82 Å². The minimum absolute atomic E-state index is 0.148. The second kappa shape index (κ2) is 7.51. The number of halogens is 2. The summed E-state index contributed by atoms with van der Waals surface area (Å²) in [5, 5.41) is 0.433. The summed E-state index contributed by atoms with van der Waals surface area (Å²) >= 11 is 0. The Balaban J connectivity index is 1.79. The van der Waals surface area contributed by atoms with Gasteiger partial charge >= 0.3 is 0 Å². The number of rotatable bonds is 5. The molecule has 0 amide bonds. The Morgan fingerprint density at radius 1 is 0.964 bits per heavy atom. The molecule has 0 unspecified atom stereocenters. The Labute approximate surface area is 158 Å². The van der Waals surface area contributed by atoms with Gasteiger partial charge in [-0.25, -0.2) is 13.8 Å². The van der Waals surface area contributed by atoms with Crippen LogP contribution in [-0.2, 0) is 13.1 Å². The lowest BCUT2D eigenvalue weighted by molar-refractivity contribution is 0.515. The molecule has 4 rings (SSSR count). The van der Waals surface area contributed by atoms with Gasteiger partial charge in [-0.15, -0.1) is 0 Å². The van der Waals surface area contributed by atoms with Crippen molar-refractivity contribution in [2.75, 3.05) is 4.90 Å². The zero-order chi connectivity index (χ0) is 19.5. The molecule has 3 heterocycles. The number of nitrogens with zero attached hydrogens (tertiary/aromatic N) is 4. The summed E-state index contributed by atoms with van der Waals surface area (Å²) in [5.74, 6) is -1.49. The molecule has 4 aromatic rings. The van der Waals surface area contributed by atoms with Gasteiger partial charge in [0.15, 0.2) is 11.6 Å². The van der Waals surface area contributed by atoms with Crippen LogP contribution in [0.2, 0.25) is 0 Å². The minimum Gasteiger partial charge on any atom is -0.347 e. The molecule has 0 radical (unpaired) electrons. The summed E-state index contributed by atoms with van der Waals surface area (Å²) in [6.07, 6.45) is 8.11. The fraction of sp³-hybridized carbons (Fsp3) is 0.100. The van der Waals surface area contributed by atoms with Crippen molar-refractivity contribution in [1.29, 1.82) is 0 Å². The Bertz CT molecular complexity index is 1170. The topological polar surface area (TPSA) is 74.8 Å². The molecular formula is C20H15F2N5O. The van der Waals surface area contributed by atoms with Gasteiger partial charge in [0.25, 0.3) is 0 Å². The molecule has 1 N–H and O–H groups in total. The van der Waals surface area contributed by atoms with E-state index in [9.17, 15) is 13.6 Å². The zero-order valence-electron chi connectivity index (χ0n) is 14.6. The first-order valence-corrected chi connectivity index (χ1v) is 8.51. The van der Waals surface area contributed by atoms with Crippen molar-refractivity contribution in [3.05, 3.63) is 94.4 Å². The number of H-pyrrole nitrogens is 1. The van der Waals surface area contributed by atoms with E-state index >= 15 is 0 Å². The lowest BCUT2D eigenvalue weighted by Crippen LogP contribution is -2.24. The lowest BCUT2D eigenvalue weighted by atomic mass is 10.1. The SMILES string of the molecule is O=c1cc(CN(Cc2ccncc2)c2cnccn2)c2ccc(F)c(F)c2[nH]1. The molecule has 1 aromatic carbocycles. The average molecular weight is 379 g/mol. The lowest BCUT2D eigenvalue weighted by Gasteiger charge is -2.24.